The maximum Gasteiger partial charge on any atom is 0.119 e. The van der Waals surface area contributed by atoms with Crippen molar-refractivity contribution in [2.75, 3.05) is 13.7 Å². The van der Waals surface area contributed by atoms with Crippen LogP contribution in [0.2, 0.25) is 0 Å². The van der Waals surface area contributed by atoms with Crippen LogP contribution in [0.4, 0.5) is 0 Å². The molecule has 106 valence electrons. The van der Waals surface area contributed by atoms with Gasteiger partial charge in [0, 0.05) is 11.0 Å². The van der Waals surface area contributed by atoms with Gasteiger partial charge in [-0.15, -0.1) is 0 Å². The molecule has 2 aromatic carbocycles. The molecular formula is C17H20BrNO. The number of hydrogen-bond acceptors (Lipinski definition) is 2. The number of methoxy groups -OCH3 is 1. The van der Waals surface area contributed by atoms with Crippen molar-refractivity contribution in [2.45, 2.75) is 19.9 Å². The molecule has 0 aromatic heterocycles. The van der Waals surface area contributed by atoms with Crippen LogP contribution in [0.25, 0.3) is 11.1 Å². The van der Waals surface area contributed by atoms with Crippen molar-refractivity contribution in [3.05, 3.63) is 52.5 Å². The average Bonchev–Trinajstić information content (AvgIpc) is 2.48. The fourth-order valence-corrected chi connectivity index (χ4v) is 2.68. The normalized spacial score (nSPS) is 10.6. The molecular weight excluding hydrogens is 314 g/mol. The van der Waals surface area contributed by atoms with Crippen molar-refractivity contribution in [2.24, 2.45) is 0 Å². The Morgan fingerprint density at radius 3 is 2.60 bits per heavy atom. The van der Waals surface area contributed by atoms with Crippen LogP contribution in [0.5, 0.6) is 5.75 Å². The van der Waals surface area contributed by atoms with Crippen LogP contribution in [0.3, 0.4) is 0 Å². The molecule has 0 amide bonds. The molecule has 3 heteroatoms. The van der Waals surface area contributed by atoms with E-state index < -0.39 is 0 Å². The van der Waals surface area contributed by atoms with E-state index in [0.717, 1.165) is 29.7 Å². The van der Waals surface area contributed by atoms with E-state index in [1.54, 1.807) is 7.11 Å². The Morgan fingerprint density at radius 2 is 1.90 bits per heavy atom. The number of hydrogen-bond donors (Lipinski definition) is 1. The van der Waals surface area contributed by atoms with E-state index >= 15 is 0 Å². The van der Waals surface area contributed by atoms with Gasteiger partial charge >= 0.3 is 0 Å². The highest BCUT2D eigenvalue weighted by Crippen LogP contribution is 2.32. The van der Waals surface area contributed by atoms with Gasteiger partial charge in [-0.1, -0.05) is 47.1 Å². The Morgan fingerprint density at radius 1 is 1.10 bits per heavy atom. The van der Waals surface area contributed by atoms with E-state index in [9.17, 15) is 0 Å². The molecule has 0 unspecified atom stereocenters. The van der Waals surface area contributed by atoms with Gasteiger partial charge in [-0.2, -0.15) is 0 Å². The zero-order chi connectivity index (χ0) is 14.4. The monoisotopic (exact) mass is 333 g/mol. The van der Waals surface area contributed by atoms with Gasteiger partial charge in [0.2, 0.25) is 0 Å². The average molecular weight is 334 g/mol. The minimum Gasteiger partial charge on any atom is -0.497 e. The second kappa shape index (κ2) is 7.46. The third kappa shape index (κ3) is 3.62. The molecule has 0 aliphatic carbocycles. The van der Waals surface area contributed by atoms with E-state index in [2.05, 4.69) is 58.5 Å². The van der Waals surface area contributed by atoms with E-state index in [1.807, 2.05) is 12.1 Å². The van der Waals surface area contributed by atoms with E-state index in [-0.39, 0.29) is 0 Å². The molecule has 1 N–H and O–H groups in total. The van der Waals surface area contributed by atoms with Crippen LogP contribution in [0.1, 0.15) is 18.9 Å². The Balaban J connectivity index is 2.38. The summed E-state index contributed by atoms with van der Waals surface area (Å²) in [6.45, 7) is 4.04. The topological polar surface area (TPSA) is 21.3 Å². The summed E-state index contributed by atoms with van der Waals surface area (Å²) in [5.74, 6) is 0.897. The predicted molar refractivity (Wildman–Crippen MR) is 88.1 cm³/mol. The van der Waals surface area contributed by atoms with Crippen molar-refractivity contribution in [3.8, 4) is 16.9 Å². The summed E-state index contributed by atoms with van der Waals surface area (Å²) in [5, 5.41) is 3.46. The molecule has 0 atom stereocenters. The van der Waals surface area contributed by atoms with Gasteiger partial charge in [0.15, 0.2) is 0 Å². The van der Waals surface area contributed by atoms with Crippen LogP contribution in [-0.2, 0) is 6.54 Å². The van der Waals surface area contributed by atoms with Crippen LogP contribution in [-0.4, -0.2) is 13.7 Å². The summed E-state index contributed by atoms with van der Waals surface area (Å²) in [5.41, 5.74) is 3.70. The van der Waals surface area contributed by atoms with Gasteiger partial charge in [-0.05, 0) is 47.9 Å². The van der Waals surface area contributed by atoms with E-state index in [4.69, 9.17) is 4.74 Å². The van der Waals surface area contributed by atoms with Gasteiger partial charge in [0.25, 0.3) is 0 Å². The smallest absolute Gasteiger partial charge is 0.119 e. The van der Waals surface area contributed by atoms with Gasteiger partial charge in [-0.25, -0.2) is 0 Å². The molecule has 0 aliphatic rings. The number of nitrogens with one attached hydrogen (secondary N) is 1. The first-order valence-electron chi connectivity index (χ1n) is 6.88. The largest absolute Gasteiger partial charge is 0.497 e. The fraction of sp³-hybridized carbons (Fsp3) is 0.294. The quantitative estimate of drug-likeness (QED) is 0.778. The zero-order valence-corrected chi connectivity index (χ0v) is 13.5. The van der Waals surface area contributed by atoms with Crippen molar-refractivity contribution in [1.29, 1.82) is 0 Å². The van der Waals surface area contributed by atoms with Crippen LogP contribution in [0.15, 0.2) is 46.9 Å². The maximum absolute atomic E-state index is 5.34. The van der Waals surface area contributed by atoms with Gasteiger partial charge in [0.05, 0.1) is 7.11 Å². The van der Waals surface area contributed by atoms with E-state index in [1.165, 1.54) is 16.7 Å². The van der Waals surface area contributed by atoms with Crippen molar-refractivity contribution in [3.63, 3.8) is 0 Å². The van der Waals surface area contributed by atoms with Gasteiger partial charge < -0.3 is 10.1 Å². The zero-order valence-electron chi connectivity index (χ0n) is 11.9. The first kappa shape index (κ1) is 15.1. The molecule has 0 aliphatic heterocycles. The molecule has 0 bridgehead atoms. The lowest BCUT2D eigenvalue weighted by molar-refractivity contribution is 0.414. The van der Waals surface area contributed by atoms with Gasteiger partial charge in [0.1, 0.15) is 5.75 Å². The minimum absolute atomic E-state index is 0.849. The molecule has 2 rings (SSSR count). The molecule has 20 heavy (non-hydrogen) atoms. The lowest BCUT2D eigenvalue weighted by atomic mass is 9.99. The molecule has 2 aromatic rings. The van der Waals surface area contributed by atoms with Gasteiger partial charge in [-0.3, -0.25) is 0 Å². The Bertz CT molecular complexity index is 569. The van der Waals surface area contributed by atoms with Crippen LogP contribution < -0.4 is 10.1 Å². The summed E-state index contributed by atoms with van der Waals surface area (Å²) >= 11 is 3.63. The summed E-state index contributed by atoms with van der Waals surface area (Å²) in [6.07, 6.45) is 1.13. The van der Waals surface area contributed by atoms with E-state index in [0.29, 0.717) is 0 Å². The third-order valence-corrected chi connectivity index (χ3v) is 3.91. The highest BCUT2D eigenvalue weighted by atomic mass is 79.9. The molecule has 0 saturated carbocycles. The predicted octanol–water partition coefficient (Wildman–Crippen LogP) is 4.62. The maximum atomic E-state index is 5.34. The highest BCUT2D eigenvalue weighted by molar-refractivity contribution is 9.10. The Kier molecular flexibility index (Phi) is 5.62. The summed E-state index contributed by atoms with van der Waals surface area (Å²) in [4.78, 5) is 0. The standard InChI is InChI=1S/C17H20BrNO/c1-3-10-19-12-13-11-14(20-2)8-9-15(13)16-6-4-5-7-17(16)18/h4-9,11,19H,3,10,12H2,1-2H3. The minimum atomic E-state index is 0.849. The number of ether oxygens (including phenoxy) is 1. The third-order valence-electron chi connectivity index (χ3n) is 3.22. The molecule has 0 saturated heterocycles. The second-order valence-electron chi connectivity index (χ2n) is 4.68. The molecule has 2 nitrogen and oxygen atoms in total. The molecule has 0 heterocycles. The first-order chi connectivity index (χ1) is 9.76. The van der Waals surface area contributed by atoms with Crippen molar-refractivity contribution >= 4 is 15.9 Å². The first-order valence-corrected chi connectivity index (χ1v) is 7.68. The lowest BCUT2D eigenvalue weighted by Crippen LogP contribution is -2.14. The number of halogens is 1. The molecule has 0 spiro atoms. The Hall–Kier alpha value is -1.32. The SMILES string of the molecule is CCCNCc1cc(OC)ccc1-c1ccccc1Br. The van der Waals surface area contributed by atoms with Crippen molar-refractivity contribution in [1.82, 2.24) is 5.32 Å². The number of rotatable bonds is 6. The highest BCUT2D eigenvalue weighted by Gasteiger charge is 2.09. The number of benzene rings is 2. The van der Waals surface area contributed by atoms with Crippen molar-refractivity contribution < 1.29 is 4.74 Å². The second-order valence-corrected chi connectivity index (χ2v) is 5.53. The lowest BCUT2D eigenvalue weighted by Gasteiger charge is -2.13. The van der Waals surface area contributed by atoms with Crippen LogP contribution >= 0.6 is 15.9 Å². The Labute approximate surface area is 129 Å². The summed E-state index contributed by atoms with van der Waals surface area (Å²) in [6, 6.07) is 14.6. The van der Waals surface area contributed by atoms with Crippen LogP contribution in [0, 0.1) is 0 Å². The molecule has 0 radical (unpaired) electrons. The summed E-state index contributed by atoms with van der Waals surface area (Å²) < 4.78 is 6.46. The molecule has 0 fully saturated rings. The summed E-state index contributed by atoms with van der Waals surface area (Å²) in [7, 11) is 1.71. The fourth-order valence-electron chi connectivity index (χ4n) is 2.19.